The predicted molar refractivity (Wildman–Crippen MR) is 72.4 cm³/mol. The molecule has 0 radical (unpaired) electrons. The summed E-state index contributed by atoms with van der Waals surface area (Å²) in [7, 11) is 0. The fourth-order valence-corrected chi connectivity index (χ4v) is 1.70. The van der Waals surface area contributed by atoms with Gasteiger partial charge in [0.2, 0.25) is 5.95 Å². The molecule has 0 saturated heterocycles. The van der Waals surface area contributed by atoms with Crippen LogP contribution < -0.4 is 5.32 Å². The highest BCUT2D eigenvalue weighted by molar-refractivity contribution is 5.58. The Labute approximate surface area is 107 Å². The molecule has 2 aromatic heterocycles. The van der Waals surface area contributed by atoms with E-state index >= 15 is 0 Å². The van der Waals surface area contributed by atoms with Gasteiger partial charge >= 0.3 is 0 Å². The topological polar surface area (TPSA) is 55.6 Å². The third kappa shape index (κ3) is 2.85. The minimum atomic E-state index is 0.691. The largest absolute Gasteiger partial charge is 0.354 e. The van der Waals surface area contributed by atoms with Crippen LogP contribution in [0.1, 0.15) is 26.0 Å². The fraction of sp³-hybridized carbons (Fsp3) is 0.462. The maximum absolute atomic E-state index is 4.51. The molecule has 0 aliphatic rings. The lowest BCUT2D eigenvalue weighted by Crippen LogP contribution is -2.05. The van der Waals surface area contributed by atoms with Crippen LogP contribution in [0, 0.1) is 6.92 Å². The van der Waals surface area contributed by atoms with Crippen molar-refractivity contribution in [3.05, 3.63) is 24.2 Å². The van der Waals surface area contributed by atoms with Crippen LogP contribution in [0.4, 0.5) is 5.95 Å². The monoisotopic (exact) mass is 245 g/mol. The van der Waals surface area contributed by atoms with Crippen LogP contribution in [0.15, 0.2) is 18.5 Å². The molecule has 0 saturated carbocycles. The second-order valence-electron chi connectivity index (χ2n) is 4.23. The third-order valence-electron chi connectivity index (χ3n) is 2.64. The molecule has 5 nitrogen and oxygen atoms in total. The first-order chi connectivity index (χ1) is 8.72. The minimum Gasteiger partial charge on any atom is -0.354 e. The van der Waals surface area contributed by atoms with Gasteiger partial charge in [-0.15, -0.1) is 0 Å². The average Bonchev–Trinajstić information content (AvgIpc) is 2.84. The van der Waals surface area contributed by atoms with Gasteiger partial charge in [0.25, 0.3) is 0 Å². The minimum absolute atomic E-state index is 0.691. The third-order valence-corrected chi connectivity index (χ3v) is 2.64. The Morgan fingerprint density at radius 2 is 2.11 bits per heavy atom. The van der Waals surface area contributed by atoms with Gasteiger partial charge in [-0.2, -0.15) is 5.10 Å². The van der Waals surface area contributed by atoms with Crippen LogP contribution in [0.25, 0.3) is 11.3 Å². The van der Waals surface area contributed by atoms with E-state index in [1.54, 1.807) is 0 Å². The highest BCUT2D eigenvalue weighted by atomic mass is 15.3. The van der Waals surface area contributed by atoms with Crippen molar-refractivity contribution >= 4 is 5.95 Å². The van der Waals surface area contributed by atoms with Crippen LogP contribution in [-0.4, -0.2) is 26.3 Å². The van der Waals surface area contributed by atoms with Gasteiger partial charge < -0.3 is 5.32 Å². The van der Waals surface area contributed by atoms with Gasteiger partial charge in [0, 0.05) is 30.5 Å². The second-order valence-corrected chi connectivity index (χ2v) is 4.23. The lowest BCUT2D eigenvalue weighted by atomic mass is 10.2. The number of hydrogen-bond acceptors (Lipinski definition) is 4. The predicted octanol–water partition coefficient (Wildman–Crippen LogP) is 2.49. The zero-order valence-electron chi connectivity index (χ0n) is 11.1. The Morgan fingerprint density at radius 3 is 2.78 bits per heavy atom. The van der Waals surface area contributed by atoms with E-state index in [-0.39, 0.29) is 0 Å². The summed E-state index contributed by atoms with van der Waals surface area (Å²) in [5.74, 6) is 0.691. The number of nitrogens with one attached hydrogen (secondary N) is 1. The van der Waals surface area contributed by atoms with Crippen LogP contribution in [0.3, 0.4) is 0 Å². The molecule has 96 valence electrons. The normalized spacial score (nSPS) is 10.6. The molecule has 0 fully saturated rings. The number of rotatable bonds is 5. The maximum Gasteiger partial charge on any atom is 0.223 e. The summed E-state index contributed by atoms with van der Waals surface area (Å²) >= 11 is 0. The van der Waals surface area contributed by atoms with E-state index in [4.69, 9.17) is 0 Å². The smallest absolute Gasteiger partial charge is 0.223 e. The Kier molecular flexibility index (Phi) is 3.92. The van der Waals surface area contributed by atoms with Crippen molar-refractivity contribution in [3.63, 3.8) is 0 Å². The SMILES string of the molecule is CCCNc1nc(C)cc(-c2cnn(CC)c2)n1. The summed E-state index contributed by atoms with van der Waals surface area (Å²) in [5.41, 5.74) is 2.91. The second kappa shape index (κ2) is 5.62. The molecule has 1 N–H and O–H groups in total. The summed E-state index contributed by atoms with van der Waals surface area (Å²) in [6.07, 6.45) is 4.90. The van der Waals surface area contributed by atoms with E-state index in [0.717, 1.165) is 36.5 Å². The van der Waals surface area contributed by atoms with Crippen LogP contribution in [0.2, 0.25) is 0 Å². The molecule has 0 spiro atoms. The first-order valence-electron chi connectivity index (χ1n) is 6.35. The van der Waals surface area contributed by atoms with Crippen LogP contribution in [0.5, 0.6) is 0 Å². The number of aromatic nitrogens is 4. The summed E-state index contributed by atoms with van der Waals surface area (Å²) in [4.78, 5) is 8.89. The molecular weight excluding hydrogens is 226 g/mol. The standard InChI is InChI=1S/C13H19N5/c1-4-6-14-13-16-10(3)7-12(17-13)11-8-15-18(5-2)9-11/h7-9H,4-6H2,1-3H3,(H,14,16,17). The maximum atomic E-state index is 4.51. The van der Waals surface area contributed by atoms with Crippen molar-refractivity contribution in [2.75, 3.05) is 11.9 Å². The lowest BCUT2D eigenvalue weighted by molar-refractivity contribution is 0.660. The fourth-order valence-electron chi connectivity index (χ4n) is 1.70. The molecule has 2 aromatic rings. The molecule has 0 amide bonds. The molecule has 18 heavy (non-hydrogen) atoms. The van der Waals surface area contributed by atoms with Crippen molar-refractivity contribution in [2.45, 2.75) is 33.7 Å². The van der Waals surface area contributed by atoms with E-state index < -0.39 is 0 Å². The number of hydrogen-bond donors (Lipinski definition) is 1. The molecule has 2 rings (SSSR count). The van der Waals surface area contributed by atoms with Gasteiger partial charge in [-0.1, -0.05) is 6.92 Å². The van der Waals surface area contributed by atoms with Gasteiger partial charge in [0.1, 0.15) is 0 Å². The van der Waals surface area contributed by atoms with E-state index in [9.17, 15) is 0 Å². The number of aryl methyl sites for hydroxylation is 2. The van der Waals surface area contributed by atoms with Crippen molar-refractivity contribution in [3.8, 4) is 11.3 Å². The molecule has 0 aliphatic carbocycles. The molecular formula is C13H19N5. The van der Waals surface area contributed by atoms with Gasteiger partial charge in [-0.25, -0.2) is 9.97 Å². The quantitative estimate of drug-likeness (QED) is 0.879. The van der Waals surface area contributed by atoms with E-state index in [0.29, 0.717) is 5.95 Å². The molecule has 0 unspecified atom stereocenters. The van der Waals surface area contributed by atoms with Crippen LogP contribution >= 0.6 is 0 Å². The van der Waals surface area contributed by atoms with E-state index in [1.807, 2.05) is 30.1 Å². The van der Waals surface area contributed by atoms with Crippen LogP contribution in [-0.2, 0) is 6.54 Å². The van der Waals surface area contributed by atoms with Crippen molar-refractivity contribution in [1.29, 1.82) is 0 Å². The summed E-state index contributed by atoms with van der Waals surface area (Å²) in [5, 5.41) is 7.49. The highest BCUT2D eigenvalue weighted by Gasteiger charge is 2.06. The molecule has 5 heteroatoms. The summed E-state index contributed by atoms with van der Waals surface area (Å²) in [6.45, 7) is 7.92. The Balaban J connectivity index is 2.29. The van der Waals surface area contributed by atoms with Gasteiger partial charge in [0.05, 0.1) is 11.9 Å². The van der Waals surface area contributed by atoms with E-state index in [2.05, 4.69) is 34.2 Å². The summed E-state index contributed by atoms with van der Waals surface area (Å²) < 4.78 is 1.89. The Hall–Kier alpha value is -1.91. The van der Waals surface area contributed by atoms with Gasteiger partial charge in [-0.3, -0.25) is 4.68 Å². The molecule has 0 aromatic carbocycles. The van der Waals surface area contributed by atoms with Gasteiger partial charge in [-0.05, 0) is 26.3 Å². The molecule has 0 bridgehead atoms. The molecule has 2 heterocycles. The van der Waals surface area contributed by atoms with Crippen molar-refractivity contribution in [2.24, 2.45) is 0 Å². The summed E-state index contributed by atoms with van der Waals surface area (Å²) in [6, 6.07) is 1.98. The molecule has 0 aliphatic heterocycles. The highest BCUT2D eigenvalue weighted by Crippen LogP contribution is 2.18. The first-order valence-corrected chi connectivity index (χ1v) is 6.35. The van der Waals surface area contributed by atoms with Gasteiger partial charge in [0.15, 0.2) is 0 Å². The lowest BCUT2D eigenvalue weighted by Gasteiger charge is -2.06. The Bertz CT molecular complexity index is 518. The van der Waals surface area contributed by atoms with Crippen molar-refractivity contribution in [1.82, 2.24) is 19.7 Å². The Morgan fingerprint density at radius 1 is 1.28 bits per heavy atom. The number of anilines is 1. The first kappa shape index (κ1) is 12.5. The zero-order chi connectivity index (χ0) is 13.0. The average molecular weight is 245 g/mol. The number of nitrogens with zero attached hydrogens (tertiary/aromatic N) is 4. The zero-order valence-corrected chi connectivity index (χ0v) is 11.1. The molecule has 0 atom stereocenters. The van der Waals surface area contributed by atoms with Crippen molar-refractivity contribution < 1.29 is 0 Å². The van der Waals surface area contributed by atoms with E-state index in [1.165, 1.54) is 0 Å².